The van der Waals surface area contributed by atoms with Gasteiger partial charge in [0.05, 0.1) is 6.04 Å². The van der Waals surface area contributed by atoms with E-state index in [1.165, 1.54) is 0 Å². The number of hydrogen-bond acceptors (Lipinski definition) is 6. The first-order valence-electron chi connectivity index (χ1n) is 12.0. The summed E-state index contributed by atoms with van der Waals surface area (Å²) in [5, 5.41) is 9.90. The SMILES string of the molecule is CCc1nn(CC(=O)[C@H](CC(C)C)NC(=O)C2(NC(=O)c3ccccc3)CCCCC2)c(=O)o1. The minimum atomic E-state index is -1.08. The summed E-state index contributed by atoms with van der Waals surface area (Å²) in [5.41, 5.74) is -0.604. The number of aromatic nitrogens is 2. The van der Waals surface area contributed by atoms with Crippen molar-refractivity contribution in [2.24, 2.45) is 5.92 Å². The topological polar surface area (TPSA) is 123 Å². The summed E-state index contributed by atoms with van der Waals surface area (Å²) in [6.07, 6.45) is 4.44. The van der Waals surface area contributed by atoms with Gasteiger partial charge in [-0.1, -0.05) is 58.2 Å². The summed E-state index contributed by atoms with van der Waals surface area (Å²) in [6.45, 7) is 5.42. The molecular weight excluding hydrogens is 436 g/mol. The summed E-state index contributed by atoms with van der Waals surface area (Å²) in [4.78, 5) is 51.6. The van der Waals surface area contributed by atoms with Gasteiger partial charge >= 0.3 is 5.76 Å². The monoisotopic (exact) mass is 470 g/mol. The van der Waals surface area contributed by atoms with Crippen LogP contribution < -0.4 is 16.4 Å². The molecule has 1 aromatic heterocycles. The number of nitrogens with zero attached hydrogens (tertiary/aromatic N) is 2. The molecule has 9 nitrogen and oxygen atoms in total. The number of benzene rings is 1. The van der Waals surface area contributed by atoms with Crippen LogP contribution in [0, 0.1) is 5.92 Å². The van der Waals surface area contributed by atoms with E-state index >= 15 is 0 Å². The summed E-state index contributed by atoms with van der Waals surface area (Å²) < 4.78 is 6.01. The van der Waals surface area contributed by atoms with Gasteiger partial charge in [0.1, 0.15) is 12.1 Å². The van der Waals surface area contributed by atoms with Crippen molar-refractivity contribution in [3.63, 3.8) is 0 Å². The van der Waals surface area contributed by atoms with Crippen LogP contribution in [0.1, 0.15) is 75.5 Å². The fourth-order valence-electron chi connectivity index (χ4n) is 4.33. The smallest absolute Gasteiger partial charge is 0.392 e. The van der Waals surface area contributed by atoms with Crippen molar-refractivity contribution in [1.29, 1.82) is 0 Å². The fourth-order valence-corrected chi connectivity index (χ4v) is 4.33. The molecule has 0 radical (unpaired) electrons. The molecule has 2 N–H and O–H groups in total. The molecule has 9 heteroatoms. The van der Waals surface area contributed by atoms with E-state index in [1.54, 1.807) is 31.2 Å². The zero-order chi connectivity index (χ0) is 24.7. The minimum absolute atomic E-state index is 0.121. The van der Waals surface area contributed by atoms with Crippen LogP contribution in [-0.4, -0.2) is 39.0 Å². The van der Waals surface area contributed by atoms with Crippen molar-refractivity contribution in [1.82, 2.24) is 20.4 Å². The Morgan fingerprint density at radius 3 is 2.38 bits per heavy atom. The van der Waals surface area contributed by atoms with Crippen molar-refractivity contribution in [2.45, 2.75) is 83.8 Å². The van der Waals surface area contributed by atoms with E-state index in [2.05, 4.69) is 15.7 Å². The normalized spacial score (nSPS) is 16.1. The largest absolute Gasteiger partial charge is 0.437 e. The molecule has 0 aliphatic heterocycles. The number of carbonyl (C=O) groups excluding carboxylic acids is 3. The maximum Gasteiger partial charge on any atom is 0.437 e. The molecule has 0 spiro atoms. The van der Waals surface area contributed by atoms with Gasteiger partial charge in [-0.15, -0.1) is 5.10 Å². The lowest BCUT2D eigenvalue weighted by Gasteiger charge is -2.37. The van der Waals surface area contributed by atoms with Crippen LogP contribution in [0.5, 0.6) is 0 Å². The molecule has 34 heavy (non-hydrogen) atoms. The Hall–Kier alpha value is -3.23. The Labute approximate surface area is 199 Å². The summed E-state index contributed by atoms with van der Waals surface area (Å²) in [5.74, 6) is -1.33. The molecule has 2 amide bonds. The van der Waals surface area contributed by atoms with E-state index < -0.39 is 17.3 Å². The van der Waals surface area contributed by atoms with Crippen molar-refractivity contribution >= 4 is 17.6 Å². The van der Waals surface area contributed by atoms with Gasteiger partial charge < -0.3 is 15.1 Å². The highest BCUT2D eigenvalue weighted by Gasteiger charge is 2.42. The highest BCUT2D eigenvalue weighted by Crippen LogP contribution is 2.29. The fraction of sp³-hybridized carbons (Fsp3) is 0.560. The molecule has 1 aliphatic rings. The second kappa shape index (κ2) is 11.3. The molecule has 1 fully saturated rings. The quantitative estimate of drug-likeness (QED) is 0.550. The number of aryl methyl sites for hydroxylation is 1. The Kier molecular flexibility index (Phi) is 8.41. The van der Waals surface area contributed by atoms with E-state index in [0.717, 1.165) is 23.9 Å². The number of hydrogen-bond donors (Lipinski definition) is 2. The molecule has 1 aliphatic carbocycles. The van der Waals surface area contributed by atoms with Crippen LogP contribution >= 0.6 is 0 Å². The van der Waals surface area contributed by atoms with Gasteiger partial charge in [-0.25, -0.2) is 4.79 Å². The van der Waals surface area contributed by atoms with Gasteiger partial charge in [0.25, 0.3) is 5.91 Å². The van der Waals surface area contributed by atoms with E-state index in [1.807, 2.05) is 19.9 Å². The van der Waals surface area contributed by atoms with Gasteiger partial charge in [-0.05, 0) is 37.3 Å². The number of rotatable bonds is 10. The lowest BCUT2D eigenvalue weighted by Crippen LogP contribution is -2.62. The van der Waals surface area contributed by atoms with Crippen LogP contribution in [0.25, 0.3) is 0 Å². The van der Waals surface area contributed by atoms with Crippen LogP contribution in [-0.2, 0) is 22.6 Å². The molecule has 0 unspecified atom stereocenters. The second-order valence-electron chi connectivity index (χ2n) is 9.36. The van der Waals surface area contributed by atoms with Crippen LogP contribution in [0.3, 0.4) is 0 Å². The van der Waals surface area contributed by atoms with Crippen LogP contribution in [0.2, 0.25) is 0 Å². The molecule has 1 aromatic carbocycles. The van der Waals surface area contributed by atoms with Crippen molar-refractivity contribution in [3.8, 4) is 0 Å². The minimum Gasteiger partial charge on any atom is -0.392 e. The third kappa shape index (κ3) is 6.21. The highest BCUT2D eigenvalue weighted by atomic mass is 16.4. The third-order valence-corrected chi connectivity index (χ3v) is 6.19. The van der Waals surface area contributed by atoms with Gasteiger partial charge in [0.15, 0.2) is 5.78 Å². The Morgan fingerprint density at radius 2 is 1.79 bits per heavy atom. The van der Waals surface area contributed by atoms with Crippen LogP contribution in [0.4, 0.5) is 0 Å². The summed E-state index contributed by atoms with van der Waals surface area (Å²) >= 11 is 0. The van der Waals surface area contributed by atoms with Gasteiger partial charge in [0, 0.05) is 12.0 Å². The highest BCUT2D eigenvalue weighted by molar-refractivity contribution is 6.00. The zero-order valence-corrected chi connectivity index (χ0v) is 20.1. The van der Waals surface area contributed by atoms with Crippen molar-refractivity contribution < 1.29 is 18.8 Å². The van der Waals surface area contributed by atoms with Crippen molar-refractivity contribution in [2.75, 3.05) is 0 Å². The molecule has 0 saturated heterocycles. The standard InChI is InChI=1S/C25H34N4O5/c1-4-21-28-29(24(33)34-21)16-20(30)19(15-17(2)3)26-23(32)25(13-9-6-10-14-25)27-22(31)18-11-7-5-8-12-18/h5,7-8,11-12,17,19H,4,6,9-10,13-16H2,1-3H3,(H,26,32)(H,27,31)/t19-/m0/s1. The van der Waals surface area contributed by atoms with E-state index in [9.17, 15) is 19.2 Å². The van der Waals surface area contributed by atoms with Crippen LogP contribution in [0.15, 0.2) is 39.5 Å². The Morgan fingerprint density at radius 1 is 1.12 bits per heavy atom. The molecule has 1 saturated carbocycles. The summed E-state index contributed by atoms with van der Waals surface area (Å²) in [6, 6.07) is 7.97. The number of nitrogens with one attached hydrogen (secondary N) is 2. The maximum atomic E-state index is 13.6. The first kappa shape index (κ1) is 25.4. The number of amides is 2. The summed E-state index contributed by atoms with van der Waals surface area (Å²) in [7, 11) is 0. The molecule has 1 heterocycles. The predicted molar refractivity (Wildman–Crippen MR) is 126 cm³/mol. The Balaban J connectivity index is 1.79. The molecule has 3 rings (SSSR count). The van der Waals surface area contributed by atoms with Gasteiger partial charge in [-0.3, -0.25) is 14.4 Å². The second-order valence-corrected chi connectivity index (χ2v) is 9.36. The first-order valence-corrected chi connectivity index (χ1v) is 12.0. The molecule has 1 atom stereocenters. The Bertz CT molecular complexity index is 1050. The van der Waals surface area contributed by atoms with E-state index in [4.69, 9.17) is 4.42 Å². The molecular formula is C25H34N4O5. The van der Waals surface area contributed by atoms with E-state index in [-0.39, 0.29) is 36.0 Å². The van der Waals surface area contributed by atoms with Gasteiger partial charge in [-0.2, -0.15) is 4.68 Å². The molecule has 2 aromatic rings. The number of carbonyl (C=O) groups is 3. The maximum absolute atomic E-state index is 13.6. The lowest BCUT2D eigenvalue weighted by atomic mass is 9.80. The molecule has 0 bridgehead atoms. The average molecular weight is 471 g/mol. The number of Topliss-reactive ketones (excluding diaryl/α,β-unsaturated/α-hetero) is 1. The molecule has 184 valence electrons. The van der Waals surface area contributed by atoms with Gasteiger partial charge in [0.2, 0.25) is 11.8 Å². The lowest BCUT2D eigenvalue weighted by molar-refractivity contribution is -0.133. The number of ketones is 1. The third-order valence-electron chi connectivity index (χ3n) is 6.19. The average Bonchev–Trinajstić information content (AvgIpc) is 3.18. The van der Waals surface area contributed by atoms with Crippen molar-refractivity contribution in [3.05, 3.63) is 52.3 Å². The zero-order valence-electron chi connectivity index (χ0n) is 20.1. The first-order chi connectivity index (χ1) is 16.2. The van der Waals surface area contributed by atoms with E-state index in [0.29, 0.717) is 31.2 Å². The predicted octanol–water partition coefficient (Wildman–Crippen LogP) is 2.63.